The molecule has 3 heteroatoms. The first kappa shape index (κ1) is 25.6. The molecule has 0 bridgehead atoms. The largest absolute Gasteiger partial charge is 0.467 e. The van der Waals surface area contributed by atoms with E-state index in [4.69, 9.17) is 0 Å². The molecule has 0 fully saturated rings. The van der Waals surface area contributed by atoms with Crippen molar-refractivity contribution in [1.29, 1.82) is 0 Å². The van der Waals surface area contributed by atoms with E-state index in [9.17, 15) is 4.79 Å². The molecule has 1 rings (SSSR count). The second-order valence-electron chi connectivity index (χ2n) is 4.61. The van der Waals surface area contributed by atoms with E-state index in [1.807, 2.05) is 27.7 Å². The second kappa shape index (κ2) is 17.7. The minimum Gasteiger partial charge on any atom is -0.467 e. The highest BCUT2D eigenvalue weighted by atomic mass is 16.6. The highest BCUT2D eigenvalue weighted by Gasteiger charge is 2.16. The summed E-state index contributed by atoms with van der Waals surface area (Å²) in [4.78, 5) is 10.1. The number of carbonyl (C=O) groups is 1. The summed E-state index contributed by atoms with van der Waals surface area (Å²) >= 11 is 0. The molecule has 0 atom stereocenters. The average molecular weight is 312 g/mol. The van der Waals surface area contributed by atoms with Crippen molar-refractivity contribution in [2.75, 3.05) is 20.8 Å². The molecule has 0 aromatic heterocycles. The number of esters is 1. The van der Waals surface area contributed by atoms with Crippen LogP contribution in [-0.4, -0.2) is 26.8 Å². The van der Waals surface area contributed by atoms with Crippen molar-refractivity contribution >= 4 is 5.97 Å². The first-order valence-corrected chi connectivity index (χ1v) is 8.09. The number of hydrogen-bond donors (Lipinski definition) is 0. The van der Waals surface area contributed by atoms with Crippen molar-refractivity contribution in [3.05, 3.63) is 35.9 Å². The fourth-order valence-corrected chi connectivity index (χ4v) is 1.27. The van der Waals surface area contributed by atoms with Gasteiger partial charge < -0.3 is 9.47 Å². The molecule has 0 radical (unpaired) electrons. The molecule has 0 saturated carbocycles. The summed E-state index contributed by atoms with van der Waals surface area (Å²) in [6, 6.07) is 10.7. The first-order chi connectivity index (χ1) is 10.5. The van der Waals surface area contributed by atoms with Crippen LogP contribution >= 0.6 is 0 Å². The lowest BCUT2D eigenvalue weighted by Gasteiger charge is -2.22. The van der Waals surface area contributed by atoms with E-state index in [1.165, 1.54) is 26.2 Å². The van der Waals surface area contributed by atoms with Crippen molar-refractivity contribution in [3.63, 3.8) is 0 Å². The number of methoxy groups -OCH3 is 2. The van der Waals surface area contributed by atoms with Crippen LogP contribution in [0, 0.1) is 0 Å². The predicted octanol–water partition coefficient (Wildman–Crippen LogP) is 5.23. The van der Waals surface area contributed by atoms with Crippen LogP contribution in [0.3, 0.4) is 0 Å². The van der Waals surface area contributed by atoms with Crippen LogP contribution in [0.15, 0.2) is 30.3 Å². The van der Waals surface area contributed by atoms with Crippen LogP contribution in [0.25, 0.3) is 0 Å². The second-order valence-corrected chi connectivity index (χ2v) is 4.61. The van der Waals surface area contributed by atoms with Gasteiger partial charge in [0.2, 0.25) is 0 Å². The van der Waals surface area contributed by atoms with Gasteiger partial charge in [0.15, 0.2) is 0 Å². The summed E-state index contributed by atoms with van der Waals surface area (Å²) < 4.78 is 8.65. The molecule has 0 aliphatic rings. The van der Waals surface area contributed by atoms with Gasteiger partial charge in [0.1, 0.15) is 6.61 Å². The zero-order valence-electron chi connectivity index (χ0n) is 16.0. The number of ether oxygens (including phenoxy) is 2. The SMILES string of the molecule is CC.CC.CCC(C)(C)c1ccccc1.COCC(=O)OC. The third kappa shape index (κ3) is 13.6. The summed E-state index contributed by atoms with van der Waals surface area (Å²) in [7, 11) is 2.76. The van der Waals surface area contributed by atoms with Gasteiger partial charge in [-0.1, -0.05) is 78.8 Å². The Kier molecular flexibility index (Phi) is 20.6. The third-order valence-electron chi connectivity index (χ3n) is 2.93. The maximum Gasteiger partial charge on any atom is 0.331 e. The fraction of sp³-hybridized carbons (Fsp3) is 0.632. The van der Waals surface area contributed by atoms with Crippen molar-refractivity contribution < 1.29 is 14.3 Å². The number of hydrogen-bond acceptors (Lipinski definition) is 3. The Balaban J connectivity index is -0.000000285. The van der Waals surface area contributed by atoms with Crippen molar-refractivity contribution in [2.45, 2.75) is 60.3 Å². The van der Waals surface area contributed by atoms with Crippen molar-refractivity contribution in [3.8, 4) is 0 Å². The zero-order chi connectivity index (χ0) is 18.0. The van der Waals surface area contributed by atoms with Gasteiger partial charge in [0, 0.05) is 7.11 Å². The van der Waals surface area contributed by atoms with Gasteiger partial charge in [-0.3, -0.25) is 0 Å². The lowest BCUT2D eigenvalue weighted by molar-refractivity contribution is -0.144. The molecule has 0 aliphatic heterocycles. The molecule has 0 amide bonds. The minimum atomic E-state index is -0.345. The van der Waals surface area contributed by atoms with Crippen LogP contribution in [0.5, 0.6) is 0 Å². The van der Waals surface area contributed by atoms with Crippen LogP contribution in [0.1, 0.15) is 60.5 Å². The van der Waals surface area contributed by atoms with Gasteiger partial charge in [0.05, 0.1) is 7.11 Å². The van der Waals surface area contributed by atoms with E-state index < -0.39 is 0 Å². The summed E-state index contributed by atoms with van der Waals surface area (Å²) in [5.74, 6) is -0.345. The molecular formula is C19H36O3. The Bertz CT molecular complexity index is 332. The number of carbonyl (C=O) groups excluding carboxylic acids is 1. The molecule has 3 nitrogen and oxygen atoms in total. The highest BCUT2D eigenvalue weighted by Crippen LogP contribution is 2.25. The van der Waals surface area contributed by atoms with Gasteiger partial charge in [-0.05, 0) is 17.4 Å². The Morgan fingerprint density at radius 2 is 1.45 bits per heavy atom. The van der Waals surface area contributed by atoms with Gasteiger partial charge in [-0.2, -0.15) is 0 Å². The molecule has 0 N–H and O–H groups in total. The topological polar surface area (TPSA) is 35.5 Å². The van der Waals surface area contributed by atoms with E-state index in [0.29, 0.717) is 5.41 Å². The Morgan fingerprint density at radius 3 is 1.73 bits per heavy atom. The maximum absolute atomic E-state index is 10.1. The maximum atomic E-state index is 10.1. The number of benzene rings is 1. The zero-order valence-corrected chi connectivity index (χ0v) is 16.0. The van der Waals surface area contributed by atoms with Crippen LogP contribution in [0.2, 0.25) is 0 Å². The van der Waals surface area contributed by atoms with Gasteiger partial charge in [-0.25, -0.2) is 4.79 Å². The van der Waals surface area contributed by atoms with Gasteiger partial charge in [0.25, 0.3) is 0 Å². The Hall–Kier alpha value is -1.35. The molecule has 0 unspecified atom stereocenters. The normalized spacial score (nSPS) is 8.95. The van der Waals surface area contributed by atoms with Gasteiger partial charge in [-0.15, -0.1) is 0 Å². The average Bonchev–Trinajstić information content (AvgIpc) is 2.60. The minimum absolute atomic E-state index is 0.0382. The van der Waals surface area contributed by atoms with Crippen molar-refractivity contribution in [2.24, 2.45) is 0 Å². The summed E-state index contributed by atoms with van der Waals surface area (Å²) in [6.45, 7) is 14.8. The fourth-order valence-electron chi connectivity index (χ4n) is 1.27. The van der Waals surface area contributed by atoms with Crippen molar-refractivity contribution in [1.82, 2.24) is 0 Å². The molecule has 22 heavy (non-hydrogen) atoms. The Morgan fingerprint density at radius 1 is 1.00 bits per heavy atom. The third-order valence-corrected chi connectivity index (χ3v) is 2.93. The molecule has 0 aliphatic carbocycles. The highest BCUT2D eigenvalue weighted by molar-refractivity contribution is 5.70. The lowest BCUT2D eigenvalue weighted by Crippen LogP contribution is -2.14. The number of rotatable bonds is 4. The molecule has 1 aromatic rings. The van der Waals surface area contributed by atoms with Gasteiger partial charge >= 0.3 is 5.97 Å². The smallest absolute Gasteiger partial charge is 0.331 e. The first-order valence-electron chi connectivity index (χ1n) is 8.09. The van der Waals surface area contributed by atoms with E-state index in [-0.39, 0.29) is 12.6 Å². The predicted molar refractivity (Wildman–Crippen MR) is 96.3 cm³/mol. The van der Waals surface area contributed by atoms with Crippen LogP contribution in [0.4, 0.5) is 0 Å². The summed E-state index contributed by atoms with van der Waals surface area (Å²) in [5.41, 5.74) is 1.77. The van der Waals surface area contributed by atoms with Crippen LogP contribution < -0.4 is 0 Å². The standard InChI is InChI=1S/C11H16.C4H8O3.2C2H6/c1-4-11(2,3)10-8-6-5-7-9-10;1-6-3-4(5)7-2;2*1-2/h5-9H,4H2,1-3H3;3H2,1-2H3;2*1-2H3. The molecule has 130 valence electrons. The van der Waals surface area contributed by atoms with E-state index in [1.54, 1.807) is 0 Å². The van der Waals surface area contributed by atoms with E-state index in [0.717, 1.165) is 0 Å². The van der Waals surface area contributed by atoms with E-state index >= 15 is 0 Å². The quantitative estimate of drug-likeness (QED) is 0.714. The molecule has 0 heterocycles. The Labute approximate surface area is 138 Å². The van der Waals surface area contributed by atoms with E-state index in [2.05, 4.69) is 60.6 Å². The van der Waals surface area contributed by atoms with Crippen LogP contribution in [-0.2, 0) is 19.7 Å². The lowest BCUT2D eigenvalue weighted by atomic mass is 9.82. The summed E-state index contributed by atoms with van der Waals surface area (Å²) in [6.07, 6.45) is 1.19. The molecular weight excluding hydrogens is 276 g/mol. The molecule has 0 spiro atoms. The monoisotopic (exact) mass is 312 g/mol. The molecule has 0 saturated heterocycles. The summed E-state index contributed by atoms with van der Waals surface area (Å²) in [5, 5.41) is 0. The molecule has 1 aromatic carbocycles.